The first-order valence-electron chi connectivity index (χ1n) is 7.00. The van der Waals surface area contributed by atoms with Crippen LogP contribution in [0.4, 0.5) is 13.6 Å². The average molecular weight is 298 g/mol. The third-order valence-corrected chi connectivity index (χ3v) is 3.66. The Labute approximate surface area is 122 Å². The van der Waals surface area contributed by atoms with E-state index in [0.717, 1.165) is 0 Å². The number of urea groups is 1. The Morgan fingerprint density at radius 2 is 2.10 bits per heavy atom. The summed E-state index contributed by atoms with van der Waals surface area (Å²) in [7, 11) is 0. The van der Waals surface area contributed by atoms with Crippen molar-refractivity contribution >= 4 is 6.03 Å². The molecule has 1 aromatic rings. The molecule has 6 heteroatoms. The zero-order valence-corrected chi connectivity index (χ0v) is 12.1. The second kappa shape index (κ2) is 6.39. The maximum Gasteiger partial charge on any atom is 0.315 e. The molecular formula is C15H20F2N2O2. The normalized spacial score (nSPS) is 25.5. The van der Waals surface area contributed by atoms with Crippen LogP contribution in [0.25, 0.3) is 0 Å². The van der Waals surface area contributed by atoms with Gasteiger partial charge in [0, 0.05) is 13.0 Å². The molecule has 1 aliphatic carbocycles. The first-order valence-corrected chi connectivity index (χ1v) is 7.00. The minimum Gasteiger partial charge on any atom is -0.373 e. The van der Waals surface area contributed by atoms with Gasteiger partial charge in [0.25, 0.3) is 6.43 Å². The second-order valence-electron chi connectivity index (χ2n) is 5.34. The van der Waals surface area contributed by atoms with E-state index in [-0.39, 0.29) is 11.6 Å². The third kappa shape index (κ3) is 3.91. The molecule has 1 fully saturated rings. The number of hydrogen-bond donors (Lipinski definition) is 2. The monoisotopic (exact) mass is 298 g/mol. The SMILES string of the molecule is CCO[C@@]1(C)C[C@H]1NC(=O)NC(c1ccccc1)C(F)F. The van der Waals surface area contributed by atoms with E-state index in [1.807, 2.05) is 13.8 Å². The van der Waals surface area contributed by atoms with Gasteiger partial charge in [-0.05, 0) is 19.4 Å². The van der Waals surface area contributed by atoms with Crippen LogP contribution in [0, 0.1) is 0 Å². The van der Waals surface area contributed by atoms with Crippen LogP contribution in [0.15, 0.2) is 30.3 Å². The van der Waals surface area contributed by atoms with Crippen LogP contribution in [-0.4, -0.2) is 30.7 Å². The highest BCUT2D eigenvalue weighted by Gasteiger charge is 2.52. The first-order chi connectivity index (χ1) is 9.96. The number of ether oxygens (including phenoxy) is 1. The smallest absolute Gasteiger partial charge is 0.315 e. The molecule has 1 unspecified atom stereocenters. The predicted molar refractivity (Wildman–Crippen MR) is 75.3 cm³/mol. The molecule has 4 nitrogen and oxygen atoms in total. The molecule has 3 atom stereocenters. The molecule has 0 heterocycles. The fraction of sp³-hybridized carbons (Fsp3) is 0.533. The number of benzene rings is 1. The quantitative estimate of drug-likeness (QED) is 0.848. The van der Waals surface area contributed by atoms with Crippen LogP contribution in [-0.2, 0) is 4.74 Å². The molecule has 0 aromatic heterocycles. The third-order valence-electron chi connectivity index (χ3n) is 3.66. The molecule has 1 aliphatic rings. The summed E-state index contributed by atoms with van der Waals surface area (Å²) < 4.78 is 31.7. The Bertz CT molecular complexity index is 484. The maximum atomic E-state index is 13.1. The van der Waals surface area contributed by atoms with Crippen molar-refractivity contribution < 1.29 is 18.3 Å². The minimum atomic E-state index is -2.67. The zero-order chi connectivity index (χ0) is 15.5. The molecule has 1 saturated carbocycles. The van der Waals surface area contributed by atoms with Gasteiger partial charge in [-0.25, -0.2) is 13.6 Å². The van der Waals surface area contributed by atoms with E-state index in [9.17, 15) is 13.6 Å². The van der Waals surface area contributed by atoms with E-state index in [1.54, 1.807) is 30.3 Å². The highest BCUT2D eigenvalue weighted by Crippen LogP contribution is 2.39. The summed E-state index contributed by atoms with van der Waals surface area (Å²) in [6.45, 7) is 4.33. The van der Waals surface area contributed by atoms with E-state index in [2.05, 4.69) is 10.6 Å². The average Bonchev–Trinajstić information content (AvgIpc) is 3.06. The molecule has 0 saturated heterocycles. The largest absolute Gasteiger partial charge is 0.373 e. The standard InChI is InChI=1S/C15H20F2N2O2/c1-3-21-15(2)9-11(15)18-14(20)19-12(13(16)17)10-7-5-4-6-8-10/h4-8,11-13H,3,9H2,1-2H3,(H2,18,19,20)/t11-,12?,15+/m1/s1. The fourth-order valence-corrected chi connectivity index (χ4v) is 2.33. The van der Waals surface area contributed by atoms with Gasteiger partial charge in [0.15, 0.2) is 0 Å². The summed E-state index contributed by atoms with van der Waals surface area (Å²) in [6.07, 6.45) is -1.98. The van der Waals surface area contributed by atoms with Crippen molar-refractivity contribution in [2.75, 3.05) is 6.61 Å². The summed E-state index contributed by atoms with van der Waals surface area (Å²) in [5.41, 5.74) is 0.00474. The van der Waals surface area contributed by atoms with E-state index < -0.39 is 18.5 Å². The van der Waals surface area contributed by atoms with Crippen LogP contribution in [0.5, 0.6) is 0 Å². The number of nitrogens with one attached hydrogen (secondary N) is 2. The summed E-state index contributed by atoms with van der Waals surface area (Å²) >= 11 is 0. The van der Waals surface area contributed by atoms with Gasteiger partial charge in [0.05, 0.1) is 11.6 Å². The molecule has 116 valence electrons. The minimum absolute atomic E-state index is 0.133. The lowest BCUT2D eigenvalue weighted by Gasteiger charge is -2.19. The van der Waals surface area contributed by atoms with E-state index in [4.69, 9.17) is 4.74 Å². The van der Waals surface area contributed by atoms with Gasteiger partial charge < -0.3 is 15.4 Å². The van der Waals surface area contributed by atoms with Gasteiger partial charge in [-0.3, -0.25) is 0 Å². The number of alkyl halides is 2. The molecule has 0 radical (unpaired) electrons. The number of carbonyl (C=O) groups excluding carboxylic acids is 1. The van der Waals surface area contributed by atoms with E-state index >= 15 is 0 Å². The molecule has 0 aliphatic heterocycles. The Balaban J connectivity index is 1.91. The molecule has 1 aromatic carbocycles. The summed E-state index contributed by atoms with van der Waals surface area (Å²) in [6, 6.07) is 6.16. The Morgan fingerprint density at radius 3 is 2.67 bits per heavy atom. The molecule has 2 N–H and O–H groups in total. The van der Waals surface area contributed by atoms with Gasteiger partial charge >= 0.3 is 6.03 Å². The molecular weight excluding hydrogens is 278 g/mol. The van der Waals surface area contributed by atoms with Crippen molar-refractivity contribution in [3.63, 3.8) is 0 Å². The highest BCUT2D eigenvalue weighted by molar-refractivity contribution is 5.75. The van der Waals surface area contributed by atoms with Crippen molar-refractivity contribution in [2.24, 2.45) is 0 Å². The lowest BCUT2D eigenvalue weighted by atomic mass is 10.1. The van der Waals surface area contributed by atoms with Crippen molar-refractivity contribution in [3.05, 3.63) is 35.9 Å². The first kappa shape index (κ1) is 15.7. The highest BCUT2D eigenvalue weighted by atomic mass is 19.3. The van der Waals surface area contributed by atoms with Gasteiger partial charge in [0.1, 0.15) is 6.04 Å². The van der Waals surface area contributed by atoms with Crippen molar-refractivity contribution in [3.8, 4) is 0 Å². The number of hydrogen-bond acceptors (Lipinski definition) is 2. The maximum absolute atomic E-state index is 13.1. The van der Waals surface area contributed by atoms with Crippen molar-refractivity contribution in [2.45, 2.75) is 44.4 Å². The molecule has 0 bridgehead atoms. The lowest BCUT2D eigenvalue weighted by Crippen LogP contribution is -2.43. The van der Waals surface area contributed by atoms with E-state index in [0.29, 0.717) is 18.6 Å². The molecule has 0 spiro atoms. The van der Waals surface area contributed by atoms with Gasteiger partial charge in [-0.15, -0.1) is 0 Å². The van der Waals surface area contributed by atoms with Gasteiger partial charge in [0.2, 0.25) is 0 Å². The van der Waals surface area contributed by atoms with Crippen LogP contribution < -0.4 is 10.6 Å². The molecule has 2 amide bonds. The van der Waals surface area contributed by atoms with Crippen LogP contribution in [0.1, 0.15) is 31.9 Å². The van der Waals surface area contributed by atoms with Crippen molar-refractivity contribution in [1.29, 1.82) is 0 Å². The van der Waals surface area contributed by atoms with Crippen LogP contribution in [0.3, 0.4) is 0 Å². The van der Waals surface area contributed by atoms with E-state index in [1.165, 1.54) is 0 Å². The van der Waals surface area contributed by atoms with Crippen molar-refractivity contribution in [1.82, 2.24) is 10.6 Å². The summed E-state index contributed by atoms with van der Waals surface area (Å²) in [4.78, 5) is 11.9. The number of rotatable bonds is 6. The van der Waals surface area contributed by atoms with Crippen LogP contribution >= 0.6 is 0 Å². The number of carbonyl (C=O) groups is 1. The fourth-order valence-electron chi connectivity index (χ4n) is 2.33. The number of halogens is 2. The molecule has 21 heavy (non-hydrogen) atoms. The summed E-state index contributed by atoms with van der Waals surface area (Å²) in [5.74, 6) is 0. The van der Waals surface area contributed by atoms with Gasteiger partial charge in [-0.1, -0.05) is 30.3 Å². The van der Waals surface area contributed by atoms with Crippen LogP contribution in [0.2, 0.25) is 0 Å². The Morgan fingerprint density at radius 1 is 1.43 bits per heavy atom. The zero-order valence-electron chi connectivity index (χ0n) is 12.1. The predicted octanol–water partition coefficient (Wildman–Crippen LogP) is 2.86. The number of amides is 2. The second-order valence-corrected chi connectivity index (χ2v) is 5.34. The topological polar surface area (TPSA) is 50.4 Å². The molecule has 2 rings (SSSR count). The summed E-state index contributed by atoms with van der Waals surface area (Å²) in [5, 5.41) is 5.00. The Hall–Kier alpha value is -1.69. The lowest BCUT2D eigenvalue weighted by molar-refractivity contribution is 0.0489. The van der Waals surface area contributed by atoms with Gasteiger partial charge in [-0.2, -0.15) is 0 Å². The Kier molecular flexibility index (Phi) is 4.77.